The Bertz CT molecular complexity index is 2650. The number of hydrogen-bond acceptors (Lipinski definition) is 3. The molecular formula is C50H43NOS. The van der Waals surface area contributed by atoms with Gasteiger partial charge in [-0.05, 0) is 98.8 Å². The van der Waals surface area contributed by atoms with Crippen LogP contribution in [0.2, 0.25) is 0 Å². The van der Waals surface area contributed by atoms with Gasteiger partial charge in [-0.1, -0.05) is 139 Å². The van der Waals surface area contributed by atoms with Crippen molar-refractivity contribution in [3.63, 3.8) is 0 Å². The molecule has 0 aliphatic carbocycles. The molecule has 0 fully saturated rings. The molecule has 53 heavy (non-hydrogen) atoms. The molecule has 2 aromatic heterocycles. The van der Waals surface area contributed by atoms with Crippen molar-refractivity contribution in [3.8, 4) is 22.3 Å². The Hall–Kier alpha value is -5.64. The molecule has 2 nitrogen and oxygen atoms in total. The minimum Gasteiger partial charge on any atom is -0.455 e. The Labute approximate surface area is 316 Å². The van der Waals surface area contributed by atoms with Crippen molar-refractivity contribution < 1.29 is 4.42 Å². The monoisotopic (exact) mass is 705 g/mol. The molecule has 0 radical (unpaired) electrons. The lowest BCUT2D eigenvalue weighted by molar-refractivity contribution is 0.590. The van der Waals surface area contributed by atoms with Crippen molar-refractivity contribution in [2.45, 2.75) is 52.4 Å². The van der Waals surface area contributed by atoms with Gasteiger partial charge in [0.25, 0.3) is 0 Å². The van der Waals surface area contributed by atoms with Crippen molar-refractivity contribution in [2.75, 3.05) is 4.90 Å². The molecule has 0 N–H and O–H groups in total. The molecular weight excluding hydrogens is 663 g/mol. The van der Waals surface area contributed by atoms with Crippen LogP contribution in [-0.2, 0) is 10.8 Å². The SMILES string of the molecule is CC(C)(C)c1ccc(-c2ccc(N(c3ccc(-c4ccc(C(C)(C)C)cc4)cc3)c3cccc4sc5ccc6c7ccccc7oc6c5c34)cc2)cc1. The maximum absolute atomic E-state index is 6.65. The number of nitrogens with zero attached hydrogens (tertiary/aromatic N) is 1. The summed E-state index contributed by atoms with van der Waals surface area (Å²) >= 11 is 1.83. The van der Waals surface area contributed by atoms with E-state index in [0.717, 1.165) is 39.0 Å². The van der Waals surface area contributed by atoms with E-state index in [0.29, 0.717) is 0 Å². The number of anilines is 3. The molecule has 0 spiro atoms. The summed E-state index contributed by atoms with van der Waals surface area (Å²) in [5.41, 5.74) is 13.0. The largest absolute Gasteiger partial charge is 0.455 e. The van der Waals surface area contributed by atoms with E-state index in [-0.39, 0.29) is 10.8 Å². The van der Waals surface area contributed by atoms with E-state index in [2.05, 4.69) is 192 Å². The zero-order chi connectivity index (χ0) is 36.5. The lowest BCUT2D eigenvalue weighted by atomic mass is 9.86. The molecule has 0 bridgehead atoms. The fraction of sp³-hybridized carbons (Fsp3) is 0.160. The summed E-state index contributed by atoms with van der Waals surface area (Å²) in [5.74, 6) is 0. The third-order valence-corrected chi connectivity index (χ3v) is 11.8. The van der Waals surface area contributed by atoms with E-state index in [1.54, 1.807) is 0 Å². The summed E-state index contributed by atoms with van der Waals surface area (Å²) in [6.45, 7) is 13.6. The van der Waals surface area contributed by atoms with Gasteiger partial charge in [-0.3, -0.25) is 0 Å². The van der Waals surface area contributed by atoms with Crippen LogP contribution in [0.1, 0.15) is 52.7 Å². The van der Waals surface area contributed by atoms with Gasteiger partial charge in [0.05, 0.1) is 5.69 Å². The molecule has 0 unspecified atom stereocenters. The first-order valence-corrected chi connectivity index (χ1v) is 19.3. The van der Waals surface area contributed by atoms with E-state index in [4.69, 9.17) is 4.42 Å². The van der Waals surface area contributed by atoms with E-state index in [1.807, 2.05) is 17.4 Å². The van der Waals surface area contributed by atoms with Gasteiger partial charge in [-0.25, -0.2) is 0 Å². The molecule has 7 aromatic carbocycles. The van der Waals surface area contributed by atoms with Crippen LogP contribution >= 0.6 is 11.3 Å². The van der Waals surface area contributed by atoms with Crippen LogP contribution in [0.25, 0.3) is 64.4 Å². The summed E-state index contributed by atoms with van der Waals surface area (Å²) < 4.78 is 9.12. The maximum Gasteiger partial charge on any atom is 0.144 e. The van der Waals surface area contributed by atoms with Crippen molar-refractivity contribution in [2.24, 2.45) is 0 Å². The molecule has 0 aliphatic rings. The Morgan fingerprint density at radius 1 is 0.434 bits per heavy atom. The molecule has 9 aromatic rings. The Morgan fingerprint density at radius 3 is 1.45 bits per heavy atom. The van der Waals surface area contributed by atoms with Gasteiger partial charge in [0.2, 0.25) is 0 Å². The van der Waals surface area contributed by atoms with E-state index in [9.17, 15) is 0 Å². The normalized spacial score (nSPS) is 12.3. The molecule has 260 valence electrons. The molecule has 0 atom stereocenters. The minimum absolute atomic E-state index is 0.120. The zero-order valence-electron chi connectivity index (χ0n) is 31.2. The van der Waals surface area contributed by atoms with Gasteiger partial charge >= 0.3 is 0 Å². The quantitative estimate of drug-likeness (QED) is 0.177. The number of furan rings is 1. The lowest BCUT2D eigenvalue weighted by Crippen LogP contribution is -2.11. The van der Waals surface area contributed by atoms with Crippen LogP contribution in [0.5, 0.6) is 0 Å². The Morgan fingerprint density at radius 2 is 0.925 bits per heavy atom. The van der Waals surface area contributed by atoms with Crippen LogP contribution in [0.15, 0.2) is 156 Å². The van der Waals surface area contributed by atoms with Gasteiger partial charge in [0.1, 0.15) is 11.2 Å². The number of benzene rings is 7. The van der Waals surface area contributed by atoms with Gasteiger partial charge in [-0.15, -0.1) is 11.3 Å². The van der Waals surface area contributed by atoms with Crippen molar-refractivity contribution in [1.82, 2.24) is 0 Å². The third-order valence-electron chi connectivity index (χ3n) is 10.6. The van der Waals surface area contributed by atoms with E-state index >= 15 is 0 Å². The number of hydrogen-bond donors (Lipinski definition) is 0. The fourth-order valence-corrected chi connectivity index (χ4v) is 8.74. The molecule has 3 heteroatoms. The third kappa shape index (κ3) is 5.90. The van der Waals surface area contributed by atoms with E-state index < -0.39 is 0 Å². The molecule has 2 heterocycles. The Kier molecular flexibility index (Phi) is 7.83. The van der Waals surface area contributed by atoms with Crippen LogP contribution in [0, 0.1) is 0 Å². The summed E-state index contributed by atoms with van der Waals surface area (Å²) in [5, 5.41) is 4.68. The molecule has 9 rings (SSSR count). The average Bonchev–Trinajstić information content (AvgIpc) is 3.74. The molecule has 0 amide bonds. The number of rotatable bonds is 5. The van der Waals surface area contributed by atoms with Crippen LogP contribution in [0.4, 0.5) is 17.1 Å². The van der Waals surface area contributed by atoms with Crippen molar-refractivity contribution in [1.29, 1.82) is 0 Å². The standard InChI is InChI=1S/C50H43NOS/c1-49(2,3)36-22-14-32(15-23-36)34-18-26-38(27-19-34)51(39-28-20-35(21-29-39)33-16-24-37(25-17-33)50(4,5)6)42-11-9-13-44-46(42)47-45(53-44)31-30-41-40-10-7-8-12-43(40)52-48(41)47/h7-31H,1-6H3. The molecule has 0 aliphatic heterocycles. The van der Waals surface area contributed by atoms with Gasteiger partial charge in [0.15, 0.2) is 0 Å². The topological polar surface area (TPSA) is 16.4 Å². The summed E-state index contributed by atoms with van der Waals surface area (Å²) in [6, 6.07) is 55.6. The number of thiophene rings is 1. The van der Waals surface area contributed by atoms with Crippen LogP contribution in [-0.4, -0.2) is 0 Å². The van der Waals surface area contributed by atoms with E-state index in [1.165, 1.54) is 53.6 Å². The zero-order valence-corrected chi connectivity index (χ0v) is 32.0. The summed E-state index contributed by atoms with van der Waals surface area (Å²) in [7, 11) is 0. The first-order chi connectivity index (χ1) is 25.5. The smallest absolute Gasteiger partial charge is 0.144 e. The number of fused-ring (bicyclic) bond motifs is 7. The average molecular weight is 706 g/mol. The van der Waals surface area contributed by atoms with Crippen LogP contribution in [0.3, 0.4) is 0 Å². The molecule has 0 saturated carbocycles. The lowest BCUT2D eigenvalue weighted by Gasteiger charge is -2.27. The number of para-hydroxylation sites is 1. The summed E-state index contributed by atoms with van der Waals surface area (Å²) in [4.78, 5) is 2.41. The van der Waals surface area contributed by atoms with Gasteiger partial charge in [0, 0.05) is 42.3 Å². The second-order valence-electron chi connectivity index (χ2n) is 16.2. The van der Waals surface area contributed by atoms with Gasteiger partial charge < -0.3 is 9.32 Å². The van der Waals surface area contributed by atoms with Crippen LogP contribution < -0.4 is 4.90 Å². The van der Waals surface area contributed by atoms with Gasteiger partial charge in [-0.2, -0.15) is 0 Å². The predicted octanol–water partition coefficient (Wildman–Crippen LogP) is 15.4. The first-order valence-electron chi connectivity index (χ1n) is 18.5. The minimum atomic E-state index is 0.120. The fourth-order valence-electron chi connectivity index (χ4n) is 7.61. The highest BCUT2D eigenvalue weighted by Gasteiger charge is 2.22. The highest BCUT2D eigenvalue weighted by atomic mass is 32.1. The second kappa shape index (κ2) is 12.5. The second-order valence-corrected chi connectivity index (χ2v) is 17.3. The highest BCUT2D eigenvalue weighted by molar-refractivity contribution is 7.26. The Balaban J connectivity index is 1.20. The highest BCUT2D eigenvalue weighted by Crippen LogP contribution is 2.48. The first kappa shape index (κ1) is 33.2. The van der Waals surface area contributed by atoms with Crippen molar-refractivity contribution in [3.05, 3.63) is 163 Å². The maximum atomic E-state index is 6.65. The molecule has 0 saturated heterocycles. The summed E-state index contributed by atoms with van der Waals surface area (Å²) in [6.07, 6.45) is 0. The van der Waals surface area contributed by atoms with Crippen molar-refractivity contribution >= 4 is 70.5 Å². The predicted molar refractivity (Wildman–Crippen MR) is 230 cm³/mol.